The molecule has 1 fully saturated rings. The van der Waals surface area contributed by atoms with Crippen molar-refractivity contribution in [2.45, 2.75) is 39.2 Å². The van der Waals surface area contributed by atoms with Crippen molar-refractivity contribution in [1.82, 2.24) is 14.5 Å². The number of nitrogens with two attached hydrogens (primary N) is 1. The molecule has 2 heterocycles. The number of H-pyrrole nitrogens is 1. The number of fused-ring (bicyclic) bond motifs is 1. The van der Waals surface area contributed by atoms with E-state index >= 15 is 0 Å². The number of pyridine rings is 1. The molecule has 0 bridgehead atoms. The second-order valence-corrected chi connectivity index (χ2v) is 8.46. The lowest BCUT2D eigenvalue weighted by Gasteiger charge is -2.15. The van der Waals surface area contributed by atoms with Crippen molar-refractivity contribution in [3.05, 3.63) is 67.5 Å². The summed E-state index contributed by atoms with van der Waals surface area (Å²) < 4.78 is 29.4. The van der Waals surface area contributed by atoms with Gasteiger partial charge in [0.15, 0.2) is 5.65 Å². The summed E-state index contributed by atoms with van der Waals surface area (Å²) in [6, 6.07) is 2.66. The standard InChI is InChI=1S/C22H21F2N5O4/c1-9(2)8-29-19-17(21(32)28-22(29)33)12(6-15(26-19)10-3-4-10)20(31)27-16-5-11(18(25)30)13(23)7-14(16)24/h5-7,9-10H,3-4,8H2,1-2H3,(H2,25,30)(H,27,31)(H,28,32,33). The van der Waals surface area contributed by atoms with Gasteiger partial charge in [-0.2, -0.15) is 0 Å². The minimum atomic E-state index is -1.17. The fourth-order valence-electron chi connectivity index (χ4n) is 3.62. The Morgan fingerprint density at radius 2 is 1.88 bits per heavy atom. The highest BCUT2D eigenvalue weighted by atomic mass is 19.1. The quantitative estimate of drug-likeness (QED) is 0.521. The predicted octanol–water partition coefficient (Wildman–Crippen LogP) is 2.25. The summed E-state index contributed by atoms with van der Waals surface area (Å²) in [6.07, 6.45) is 1.68. The Morgan fingerprint density at radius 1 is 1.18 bits per heavy atom. The van der Waals surface area contributed by atoms with E-state index in [1.165, 1.54) is 10.6 Å². The number of primary amides is 1. The molecular formula is C22H21F2N5O4. The van der Waals surface area contributed by atoms with Crippen LogP contribution in [0, 0.1) is 17.6 Å². The Kier molecular flexibility index (Phi) is 5.56. The van der Waals surface area contributed by atoms with Gasteiger partial charge in [0.1, 0.15) is 11.6 Å². The maximum atomic E-state index is 14.3. The number of aromatic nitrogens is 3. The number of aromatic amines is 1. The number of amides is 2. The summed E-state index contributed by atoms with van der Waals surface area (Å²) in [4.78, 5) is 56.4. The molecule has 1 aromatic carbocycles. The van der Waals surface area contributed by atoms with Gasteiger partial charge in [0, 0.05) is 24.2 Å². The SMILES string of the molecule is CC(C)Cn1c(=O)[nH]c(=O)c2c(C(=O)Nc3cc(C(N)=O)c(F)cc3F)cc(C3CC3)nc21. The summed E-state index contributed by atoms with van der Waals surface area (Å²) in [6.45, 7) is 4.02. The third kappa shape index (κ3) is 4.26. The van der Waals surface area contributed by atoms with E-state index in [-0.39, 0.29) is 35.0 Å². The van der Waals surface area contributed by atoms with Crippen molar-refractivity contribution in [2.24, 2.45) is 11.7 Å². The van der Waals surface area contributed by atoms with Gasteiger partial charge in [0.2, 0.25) is 0 Å². The van der Waals surface area contributed by atoms with Crippen molar-refractivity contribution in [3.63, 3.8) is 0 Å². The molecule has 172 valence electrons. The fourth-order valence-corrected chi connectivity index (χ4v) is 3.62. The summed E-state index contributed by atoms with van der Waals surface area (Å²) in [7, 11) is 0. The Labute approximate surface area is 185 Å². The molecular weight excluding hydrogens is 436 g/mol. The average molecular weight is 457 g/mol. The van der Waals surface area contributed by atoms with Crippen LogP contribution in [0.15, 0.2) is 27.8 Å². The lowest BCUT2D eigenvalue weighted by Crippen LogP contribution is -2.33. The summed E-state index contributed by atoms with van der Waals surface area (Å²) >= 11 is 0. The van der Waals surface area contributed by atoms with Crippen molar-refractivity contribution in [2.75, 3.05) is 5.32 Å². The first-order chi connectivity index (χ1) is 15.6. The van der Waals surface area contributed by atoms with Gasteiger partial charge < -0.3 is 11.1 Å². The molecule has 0 saturated heterocycles. The zero-order valence-electron chi connectivity index (χ0n) is 17.9. The first-order valence-corrected chi connectivity index (χ1v) is 10.3. The second-order valence-electron chi connectivity index (χ2n) is 8.46. The number of nitrogens with one attached hydrogen (secondary N) is 2. The molecule has 1 aliphatic carbocycles. The Hall–Kier alpha value is -3.89. The first kappa shape index (κ1) is 22.3. The van der Waals surface area contributed by atoms with Crippen LogP contribution in [-0.4, -0.2) is 26.3 Å². The van der Waals surface area contributed by atoms with Crippen LogP contribution in [0.2, 0.25) is 0 Å². The highest BCUT2D eigenvalue weighted by Crippen LogP contribution is 2.40. The van der Waals surface area contributed by atoms with Gasteiger partial charge in [0.25, 0.3) is 17.4 Å². The van der Waals surface area contributed by atoms with Crippen LogP contribution in [0.3, 0.4) is 0 Å². The van der Waals surface area contributed by atoms with E-state index in [2.05, 4.69) is 15.3 Å². The Morgan fingerprint density at radius 3 is 2.48 bits per heavy atom. The number of benzene rings is 1. The first-order valence-electron chi connectivity index (χ1n) is 10.3. The minimum absolute atomic E-state index is 0.0426. The van der Waals surface area contributed by atoms with Crippen molar-refractivity contribution in [3.8, 4) is 0 Å². The van der Waals surface area contributed by atoms with Crippen LogP contribution in [0.1, 0.15) is 59.0 Å². The lowest BCUT2D eigenvalue weighted by molar-refractivity contribution is 0.0992. The third-order valence-corrected chi connectivity index (χ3v) is 5.33. The van der Waals surface area contributed by atoms with Crippen LogP contribution in [0.4, 0.5) is 14.5 Å². The van der Waals surface area contributed by atoms with Crippen LogP contribution < -0.4 is 22.3 Å². The number of carbonyl (C=O) groups is 2. The van der Waals surface area contributed by atoms with E-state index in [1.54, 1.807) is 0 Å². The van der Waals surface area contributed by atoms with Crippen LogP contribution in [-0.2, 0) is 6.54 Å². The minimum Gasteiger partial charge on any atom is -0.366 e. The maximum Gasteiger partial charge on any atom is 0.330 e. The number of nitrogens with zero attached hydrogens (tertiary/aromatic N) is 2. The van der Waals surface area contributed by atoms with Gasteiger partial charge in [-0.25, -0.2) is 18.6 Å². The molecule has 0 radical (unpaired) electrons. The molecule has 1 aliphatic rings. The lowest BCUT2D eigenvalue weighted by atomic mass is 10.1. The number of hydrogen-bond donors (Lipinski definition) is 3. The van der Waals surface area contributed by atoms with E-state index < -0.39 is 45.9 Å². The molecule has 0 aliphatic heterocycles. The van der Waals surface area contributed by atoms with Crippen LogP contribution in [0.5, 0.6) is 0 Å². The monoisotopic (exact) mass is 457 g/mol. The number of anilines is 1. The highest BCUT2D eigenvalue weighted by molar-refractivity contribution is 6.12. The third-order valence-electron chi connectivity index (χ3n) is 5.33. The van der Waals surface area contributed by atoms with E-state index in [9.17, 15) is 28.0 Å². The Bertz CT molecular complexity index is 1420. The molecule has 0 unspecified atom stereocenters. The van der Waals surface area contributed by atoms with E-state index in [0.29, 0.717) is 11.8 Å². The zero-order chi connectivity index (χ0) is 24.0. The molecule has 3 aromatic rings. The van der Waals surface area contributed by atoms with Crippen molar-refractivity contribution < 1.29 is 18.4 Å². The van der Waals surface area contributed by atoms with E-state index in [0.717, 1.165) is 18.9 Å². The molecule has 9 nitrogen and oxygen atoms in total. The van der Waals surface area contributed by atoms with Gasteiger partial charge in [-0.1, -0.05) is 13.8 Å². The summed E-state index contributed by atoms with van der Waals surface area (Å²) in [5, 5.41) is 2.14. The summed E-state index contributed by atoms with van der Waals surface area (Å²) in [5.41, 5.74) is 3.02. The van der Waals surface area contributed by atoms with Gasteiger partial charge >= 0.3 is 5.69 Å². The number of rotatable bonds is 6. The van der Waals surface area contributed by atoms with Gasteiger partial charge in [-0.3, -0.25) is 23.9 Å². The smallest absolute Gasteiger partial charge is 0.330 e. The van der Waals surface area contributed by atoms with Crippen LogP contribution >= 0.6 is 0 Å². The predicted molar refractivity (Wildman–Crippen MR) is 116 cm³/mol. The van der Waals surface area contributed by atoms with Crippen LogP contribution in [0.25, 0.3) is 11.0 Å². The fraction of sp³-hybridized carbons (Fsp3) is 0.318. The van der Waals surface area contributed by atoms with Gasteiger partial charge in [-0.15, -0.1) is 0 Å². The molecule has 4 rings (SSSR count). The number of halogens is 2. The zero-order valence-corrected chi connectivity index (χ0v) is 17.9. The molecule has 2 amide bonds. The molecule has 33 heavy (non-hydrogen) atoms. The average Bonchev–Trinajstić information content (AvgIpc) is 3.57. The normalized spacial score (nSPS) is 13.5. The van der Waals surface area contributed by atoms with Gasteiger partial charge in [0.05, 0.1) is 22.2 Å². The van der Waals surface area contributed by atoms with E-state index in [1.807, 2.05) is 13.8 Å². The number of hydrogen-bond acceptors (Lipinski definition) is 5. The number of carbonyl (C=O) groups excluding carboxylic acids is 2. The summed E-state index contributed by atoms with van der Waals surface area (Å²) in [5.74, 6) is -4.20. The molecule has 0 spiro atoms. The molecule has 11 heteroatoms. The van der Waals surface area contributed by atoms with Crippen molar-refractivity contribution >= 4 is 28.5 Å². The maximum absolute atomic E-state index is 14.3. The second kappa shape index (κ2) is 8.23. The van der Waals surface area contributed by atoms with E-state index in [4.69, 9.17) is 5.73 Å². The molecule has 2 aromatic heterocycles. The topological polar surface area (TPSA) is 140 Å². The largest absolute Gasteiger partial charge is 0.366 e. The molecule has 0 atom stereocenters. The molecule has 4 N–H and O–H groups in total. The Balaban J connectivity index is 1.89. The van der Waals surface area contributed by atoms with Gasteiger partial charge in [-0.05, 0) is 30.9 Å². The highest BCUT2D eigenvalue weighted by Gasteiger charge is 2.29. The van der Waals surface area contributed by atoms with Crippen molar-refractivity contribution in [1.29, 1.82) is 0 Å². The molecule has 1 saturated carbocycles.